The van der Waals surface area contributed by atoms with Crippen LogP contribution in [0.3, 0.4) is 0 Å². The van der Waals surface area contributed by atoms with E-state index in [9.17, 15) is 9.18 Å². The van der Waals surface area contributed by atoms with E-state index in [0.717, 1.165) is 27.8 Å². The minimum absolute atomic E-state index is 0.0377. The number of nitrogens with one attached hydrogen (secondary N) is 1. The number of benzene rings is 2. The van der Waals surface area contributed by atoms with Gasteiger partial charge in [-0.1, -0.05) is 67.8 Å². The lowest BCUT2D eigenvalue weighted by Gasteiger charge is -2.18. The summed E-state index contributed by atoms with van der Waals surface area (Å²) in [5.41, 5.74) is 5.03. The van der Waals surface area contributed by atoms with Crippen molar-refractivity contribution in [3.05, 3.63) is 83.2 Å². The number of hydrogen-bond acceptors (Lipinski definition) is 1. The van der Waals surface area contributed by atoms with E-state index >= 15 is 0 Å². The van der Waals surface area contributed by atoms with Crippen LogP contribution in [0.1, 0.15) is 55.2 Å². The van der Waals surface area contributed by atoms with Crippen molar-refractivity contribution in [2.45, 2.75) is 45.1 Å². The average Bonchev–Trinajstić information content (AvgIpc) is 3.04. The van der Waals surface area contributed by atoms with Gasteiger partial charge in [-0.05, 0) is 58.7 Å². The summed E-state index contributed by atoms with van der Waals surface area (Å²) >= 11 is 0. The average molecular weight is 375 g/mol. The molecule has 0 saturated heterocycles. The van der Waals surface area contributed by atoms with Crippen LogP contribution in [0.15, 0.2) is 60.7 Å². The summed E-state index contributed by atoms with van der Waals surface area (Å²) in [7, 11) is 0. The molecule has 1 amide bonds. The highest BCUT2D eigenvalue weighted by atomic mass is 19.1. The second-order valence-electron chi connectivity index (χ2n) is 7.82. The number of allylic oxidation sites excluding steroid dienone is 3. The molecular formula is C25H26FNO. The number of rotatable bonds is 5. The third-order valence-electron chi connectivity index (χ3n) is 5.72. The summed E-state index contributed by atoms with van der Waals surface area (Å²) in [6.07, 6.45) is 11.0. The third-order valence-corrected chi connectivity index (χ3v) is 5.72. The van der Waals surface area contributed by atoms with Gasteiger partial charge < -0.3 is 5.32 Å². The van der Waals surface area contributed by atoms with Crippen LogP contribution in [-0.4, -0.2) is 5.91 Å². The first-order chi connectivity index (χ1) is 13.7. The zero-order chi connectivity index (χ0) is 19.3. The molecule has 0 atom stereocenters. The van der Waals surface area contributed by atoms with Gasteiger partial charge in [0.1, 0.15) is 5.82 Å². The van der Waals surface area contributed by atoms with Crippen LogP contribution >= 0.6 is 0 Å². The van der Waals surface area contributed by atoms with E-state index < -0.39 is 0 Å². The smallest absolute Gasteiger partial charge is 0.224 e. The van der Waals surface area contributed by atoms with Gasteiger partial charge in [0, 0.05) is 6.54 Å². The van der Waals surface area contributed by atoms with E-state index in [-0.39, 0.29) is 18.1 Å². The van der Waals surface area contributed by atoms with E-state index in [1.165, 1.54) is 38.2 Å². The van der Waals surface area contributed by atoms with Crippen molar-refractivity contribution < 1.29 is 9.18 Å². The number of amides is 1. The topological polar surface area (TPSA) is 29.1 Å². The van der Waals surface area contributed by atoms with Crippen molar-refractivity contribution in [2.24, 2.45) is 5.92 Å². The van der Waals surface area contributed by atoms with Crippen LogP contribution in [0.2, 0.25) is 0 Å². The molecule has 1 saturated carbocycles. The van der Waals surface area contributed by atoms with E-state index in [1.807, 2.05) is 36.4 Å². The van der Waals surface area contributed by atoms with Crippen LogP contribution in [0.4, 0.5) is 4.39 Å². The number of carbonyl (C=O) groups excluding carboxylic acids is 1. The minimum Gasteiger partial charge on any atom is -0.352 e. The molecule has 2 aromatic rings. The molecule has 28 heavy (non-hydrogen) atoms. The molecule has 2 nitrogen and oxygen atoms in total. The summed E-state index contributed by atoms with van der Waals surface area (Å²) in [5.74, 6) is 0.293. The lowest BCUT2D eigenvalue weighted by atomic mass is 9.87. The van der Waals surface area contributed by atoms with Crippen molar-refractivity contribution in [3.63, 3.8) is 0 Å². The number of fused-ring (bicyclic) bond motifs is 1. The second kappa shape index (κ2) is 8.55. The van der Waals surface area contributed by atoms with E-state index in [4.69, 9.17) is 0 Å². The lowest BCUT2D eigenvalue weighted by molar-refractivity contribution is -0.120. The molecule has 2 aliphatic carbocycles. The maximum Gasteiger partial charge on any atom is 0.224 e. The fourth-order valence-corrected chi connectivity index (χ4v) is 4.25. The van der Waals surface area contributed by atoms with Gasteiger partial charge in [0.05, 0.1) is 6.42 Å². The summed E-state index contributed by atoms with van der Waals surface area (Å²) in [6, 6.07) is 14.8. The molecule has 2 aliphatic rings. The summed E-state index contributed by atoms with van der Waals surface area (Å²) in [6.45, 7) is 0.508. The quantitative estimate of drug-likeness (QED) is 0.693. The van der Waals surface area contributed by atoms with Gasteiger partial charge in [0.25, 0.3) is 0 Å². The Labute approximate surface area is 166 Å². The van der Waals surface area contributed by atoms with Crippen LogP contribution in [0.25, 0.3) is 11.1 Å². The SMILES string of the molecule is O=C(CC1=C/C(=C\C2CCCCC2)c2ccc(F)cc21)NCc1ccccc1. The van der Waals surface area contributed by atoms with Crippen molar-refractivity contribution in [1.82, 2.24) is 5.32 Å². The Balaban J connectivity index is 1.50. The van der Waals surface area contributed by atoms with Gasteiger partial charge in [-0.3, -0.25) is 4.79 Å². The molecule has 1 N–H and O–H groups in total. The maximum atomic E-state index is 13.9. The summed E-state index contributed by atoms with van der Waals surface area (Å²) in [5, 5.41) is 2.97. The first-order valence-electron chi connectivity index (χ1n) is 10.2. The largest absolute Gasteiger partial charge is 0.352 e. The molecule has 0 aliphatic heterocycles. The molecule has 0 radical (unpaired) electrons. The monoisotopic (exact) mass is 375 g/mol. The van der Waals surface area contributed by atoms with Gasteiger partial charge in [0.2, 0.25) is 5.91 Å². The molecule has 0 spiro atoms. The predicted octanol–water partition coefficient (Wildman–Crippen LogP) is 5.89. The molecule has 0 heterocycles. The third kappa shape index (κ3) is 4.41. The van der Waals surface area contributed by atoms with Crippen molar-refractivity contribution in [2.75, 3.05) is 0 Å². The number of carbonyl (C=O) groups is 1. The summed E-state index contributed by atoms with van der Waals surface area (Å²) in [4.78, 5) is 12.5. The van der Waals surface area contributed by atoms with E-state index in [1.54, 1.807) is 6.07 Å². The molecule has 0 bridgehead atoms. The van der Waals surface area contributed by atoms with Gasteiger partial charge in [-0.25, -0.2) is 4.39 Å². The Kier molecular flexibility index (Phi) is 5.70. The highest BCUT2D eigenvalue weighted by Crippen LogP contribution is 2.39. The van der Waals surface area contributed by atoms with Crippen LogP contribution < -0.4 is 5.32 Å². The van der Waals surface area contributed by atoms with Crippen molar-refractivity contribution >= 4 is 17.1 Å². The standard InChI is InChI=1S/C25H26FNO/c26-22-11-12-23-20(13-18-7-3-1-4-8-18)14-21(24(23)16-22)15-25(28)27-17-19-9-5-2-6-10-19/h2,5-6,9-14,16,18H,1,3-4,7-8,15,17H2,(H,27,28)/b20-13+. The zero-order valence-corrected chi connectivity index (χ0v) is 16.1. The normalized spacial score (nSPS) is 18.0. The second-order valence-corrected chi connectivity index (χ2v) is 7.82. The van der Waals surface area contributed by atoms with Gasteiger partial charge in [-0.15, -0.1) is 0 Å². The van der Waals surface area contributed by atoms with E-state index in [0.29, 0.717) is 12.5 Å². The predicted molar refractivity (Wildman–Crippen MR) is 112 cm³/mol. The Hall–Kier alpha value is -2.68. The Morgan fingerprint density at radius 1 is 1.04 bits per heavy atom. The summed E-state index contributed by atoms with van der Waals surface area (Å²) < 4.78 is 13.9. The number of halogens is 1. The molecule has 1 fully saturated rings. The van der Waals surface area contributed by atoms with Crippen LogP contribution in [0.5, 0.6) is 0 Å². The van der Waals surface area contributed by atoms with Crippen molar-refractivity contribution in [1.29, 1.82) is 0 Å². The van der Waals surface area contributed by atoms with Crippen molar-refractivity contribution in [3.8, 4) is 0 Å². The molecule has 4 rings (SSSR count). The van der Waals surface area contributed by atoms with Gasteiger partial charge >= 0.3 is 0 Å². The first-order valence-corrected chi connectivity index (χ1v) is 10.2. The Morgan fingerprint density at radius 2 is 1.82 bits per heavy atom. The number of hydrogen-bond donors (Lipinski definition) is 1. The van der Waals surface area contributed by atoms with E-state index in [2.05, 4.69) is 17.5 Å². The molecule has 0 unspecified atom stereocenters. The molecule has 0 aromatic heterocycles. The van der Waals surface area contributed by atoms with Crippen LogP contribution in [-0.2, 0) is 11.3 Å². The highest BCUT2D eigenvalue weighted by molar-refractivity contribution is 6.01. The molecular weight excluding hydrogens is 349 g/mol. The maximum absolute atomic E-state index is 13.9. The molecule has 144 valence electrons. The highest BCUT2D eigenvalue weighted by Gasteiger charge is 2.22. The zero-order valence-electron chi connectivity index (χ0n) is 16.1. The fourth-order valence-electron chi connectivity index (χ4n) is 4.25. The Bertz CT molecular complexity index is 907. The lowest BCUT2D eigenvalue weighted by Crippen LogP contribution is -2.22. The fraction of sp³-hybridized carbons (Fsp3) is 0.320. The molecule has 2 aromatic carbocycles. The minimum atomic E-state index is -0.256. The van der Waals surface area contributed by atoms with Gasteiger partial charge in [-0.2, -0.15) is 0 Å². The Morgan fingerprint density at radius 3 is 2.61 bits per heavy atom. The van der Waals surface area contributed by atoms with Crippen LogP contribution in [0, 0.1) is 11.7 Å². The first kappa shape index (κ1) is 18.7. The van der Waals surface area contributed by atoms with Gasteiger partial charge in [0.15, 0.2) is 0 Å². The molecule has 3 heteroatoms.